The van der Waals surface area contributed by atoms with Gasteiger partial charge in [-0.2, -0.15) is 0 Å². The topological polar surface area (TPSA) is 66.0 Å². The fourth-order valence-electron chi connectivity index (χ4n) is 3.25. The van der Waals surface area contributed by atoms with Gasteiger partial charge in [-0.15, -0.1) is 0 Å². The maximum absolute atomic E-state index is 12.7. The molecule has 6 nitrogen and oxygen atoms in total. The van der Waals surface area contributed by atoms with Gasteiger partial charge in [0.25, 0.3) is 0 Å². The monoisotopic (exact) mass is 371 g/mol. The van der Waals surface area contributed by atoms with Crippen molar-refractivity contribution in [1.82, 2.24) is 0 Å². The van der Waals surface area contributed by atoms with E-state index in [1.807, 2.05) is 39.1 Å². The van der Waals surface area contributed by atoms with E-state index >= 15 is 0 Å². The maximum atomic E-state index is 12.7. The van der Waals surface area contributed by atoms with E-state index in [-0.39, 0.29) is 0 Å². The van der Waals surface area contributed by atoms with Crippen LogP contribution in [0.4, 0.5) is 5.69 Å². The molecule has 0 aliphatic carbocycles. The van der Waals surface area contributed by atoms with E-state index in [2.05, 4.69) is 5.32 Å². The predicted molar refractivity (Wildman–Crippen MR) is 103 cm³/mol. The van der Waals surface area contributed by atoms with E-state index < -0.39 is 23.8 Å². The van der Waals surface area contributed by atoms with E-state index in [4.69, 9.17) is 18.9 Å². The van der Waals surface area contributed by atoms with Gasteiger partial charge in [0, 0.05) is 25.4 Å². The average molecular weight is 371 g/mol. The molecule has 27 heavy (non-hydrogen) atoms. The molecule has 0 saturated carbocycles. The lowest BCUT2D eigenvalue weighted by Crippen LogP contribution is -2.51. The van der Waals surface area contributed by atoms with Crippen molar-refractivity contribution >= 4 is 11.7 Å². The van der Waals surface area contributed by atoms with Gasteiger partial charge in [-0.1, -0.05) is 0 Å². The van der Waals surface area contributed by atoms with Crippen LogP contribution in [-0.2, 0) is 9.47 Å². The quantitative estimate of drug-likeness (QED) is 0.806. The summed E-state index contributed by atoms with van der Waals surface area (Å²) in [4.78, 5) is 12.7. The molecule has 2 unspecified atom stereocenters. The molecule has 1 aliphatic rings. The zero-order valence-electron chi connectivity index (χ0n) is 16.2. The summed E-state index contributed by atoms with van der Waals surface area (Å²) in [7, 11) is 5.03. The maximum Gasteiger partial charge on any atom is 0.338 e. The number of ether oxygens (including phenoxy) is 4. The van der Waals surface area contributed by atoms with Crippen LogP contribution in [0, 0.1) is 0 Å². The summed E-state index contributed by atoms with van der Waals surface area (Å²) in [5, 5.41) is 3.10. The number of methoxy groups -OCH3 is 2. The lowest BCUT2D eigenvalue weighted by Gasteiger charge is -2.43. The van der Waals surface area contributed by atoms with E-state index in [1.54, 1.807) is 38.5 Å². The van der Waals surface area contributed by atoms with Crippen molar-refractivity contribution in [2.24, 2.45) is 0 Å². The number of anilines is 1. The molecule has 0 aromatic heterocycles. The van der Waals surface area contributed by atoms with Crippen molar-refractivity contribution in [3.8, 4) is 11.5 Å². The van der Waals surface area contributed by atoms with E-state index in [0.717, 1.165) is 17.0 Å². The third kappa shape index (κ3) is 3.71. The first kappa shape index (κ1) is 19.0. The highest BCUT2D eigenvalue weighted by Crippen LogP contribution is 2.44. The van der Waals surface area contributed by atoms with Crippen LogP contribution in [0.5, 0.6) is 11.5 Å². The second kappa shape index (κ2) is 7.48. The number of hydrogen-bond donors (Lipinski definition) is 1. The molecule has 1 N–H and O–H groups in total. The van der Waals surface area contributed by atoms with Gasteiger partial charge in [-0.25, -0.2) is 4.79 Å². The van der Waals surface area contributed by atoms with E-state index in [9.17, 15) is 4.79 Å². The van der Waals surface area contributed by atoms with Crippen LogP contribution >= 0.6 is 0 Å². The molecule has 1 heterocycles. The van der Waals surface area contributed by atoms with Crippen molar-refractivity contribution in [2.45, 2.75) is 31.7 Å². The minimum absolute atomic E-state index is 0.436. The lowest BCUT2D eigenvalue weighted by atomic mass is 9.88. The third-order valence-electron chi connectivity index (χ3n) is 4.75. The van der Waals surface area contributed by atoms with Crippen LogP contribution in [0.3, 0.4) is 0 Å². The number of fused-ring (bicyclic) bond motifs is 1. The lowest BCUT2D eigenvalue weighted by molar-refractivity contribution is -0.129. The Kier molecular flexibility index (Phi) is 5.28. The van der Waals surface area contributed by atoms with Gasteiger partial charge in [0.1, 0.15) is 23.2 Å². The summed E-state index contributed by atoms with van der Waals surface area (Å²) >= 11 is 0. The molecule has 144 valence electrons. The van der Waals surface area contributed by atoms with Crippen LogP contribution in [0.1, 0.15) is 35.9 Å². The van der Waals surface area contributed by atoms with Crippen molar-refractivity contribution in [3.63, 3.8) is 0 Å². The van der Waals surface area contributed by atoms with E-state index in [1.165, 1.54) is 0 Å². The van der Waals surface area contributed by atoms with Crippen LogP contribution in [0.15, 0.2) is 42.5 Å². The number of benzene rings is 2. The molecule has 0 spiro atoms. The van der Waals surface area contributed by atoms with Gasteiger partial charge in [0.15, 0.2) is 6.10 Å². The van der Waals surface area contributed by atoms with Crippen LogP contribution in [-0.4, -0.2) is 38.9 Å². The van der Waals surface area contributed by atoms with Gasteiger partial charge < -0.3 is 24.3 Å². The van der Waals surface area contributed by atoms with Crippen LogP contribution < -0.4 is 14.8 Å². The minimum atomic E-state index is -0.753. The highest BCUT2D eigenvalue weighted by molar-refractivity contribution is 5.89. The Morgan fingerprint density at radius 3 is 2.41 bits per heavy atom. The number of nitrogens with one attached hydrogen (secondary N) is 1. The summed E-state index contributed by atoms with van der Waals surface area (Å²) in [5.41, 5.74) is 1.46. The number of hydrogen-bond acceptors (Lipinski definition) is 6. The molecule has 0 bridgehead atoms. The zero-order chi connectivity index (χ0) is 19.6. The summed E-state index contributed by atoms with van der Waals surface area (Å²) in [5.74, 6) is 0.966. The highest BCUT2D eigenvalue weighted by Gasteiger charge is 2.47. The van der Waals surface area contributed by atoms with Gasteiger partial charge in [0.05, 0.1) is 12.7 Å². The molecular formula is C21H25NO5. The molecular weight excluding hydrogens is 346 g/mol. The molecule has 2 aromatic carbocycles. The van der Waals surface area contributed by atoms with Gasteiger partial charge >= 0.3 is 5.97 Å². The number of carbonyl (C=O) groups excluding carboxylic acids is 1. The average Bonchev–Trinajstić information content (AvgIpc) is 2.68. The number of rotatable bonds is 5. The van der Waals surface area contributed by atoms with E-state index in [0.29, 0.717) is 11.3 Å². The van der Waals surface area contributed by atoms with Gasteiger partial charge in [-0.3, -0.25) is 0 Å². The first-order valence-electron chi connectivity index (χ1n) is 8.78. The fraction of sp³-hybridized carbons (Fsp3) is 0.381. The first-order chi connectivity index (χ1) is 12.9. The molecule has 2 atom stereocenters. The standard InChI is InChI=1S/C21H25NO5/c1-21(2)19(26-20(23)13-6-9-15(24-4)10-7-13)18(25-5)16-12-14(22-3)8-11-17(16)27-21/h6-12,18-19,22H,1-5H3. The fourth-order valence-corrected chi connectivity index (χ4v) is 3.25. The largest absolute Gasteiger partial charge is 0.497 e. The summed E-state index contributed by atoms with van der Waals surface area (Å²) in [6.07, 6.45) is -1.06. The summed E-state index contributed by atoms with van der Waals surface area (Å²) in [6, 6.07) is 12.6. The van der Waals surface area contributed by atoms with Crippen molar-refractivity contribution in [2.75, 3.05) is 26.6 Å². The molecule has 3 rings (SSSR count). The minimum Gasteiger partial charge on any atom is -0.497 e. The Balaban J connectivity index is 1.90. The normalized spacial score (nSPS) is 20.2. The van der Waals surface area contributed by atoms with Crippen molar-refractivity contribution in [3.05, 3.63) is 53.6 Å². The number of esters is 1. The number of carbonyl (C=O) groups is 1. The van der Waals surface area contributed by atoms with Crippen molar-refractivity contribution < 1.29 is 23.7 Å². The molecule has 0 fully saturated rings. The van der Waals surface area contributed by atoms with Gasteiger partial charge in [-0.05, 0) is 56.3 Å². The molecule has 0 saturated heterocycles. The highest BCUT2D eigenvalue weighted by atomic mass is 16.6. The molecule has 1 aliphatic heterocycles. The second-order valence-corrected chi connectivity index (χ2v) is 6.92. The molecule has 0 amide bonds. The summed E-state index contributed by atoms with van der Waals surface area (Å²) in [6.45, 7) is 3.78. The third-order valence-corrected chi connectivity index (χ3v) is 4.75. The van der Waals surface area contributed by atoms with Crippen LogP contribution in [0.2, 0.25) is 0 Å². The first-order valence-corrected chi connectivity index (χ1v) is 8.78. The van der Waals surface area contributed by atoms with Crippen molar-refractivity contribution in [1.29, 1.82) is 0 Å². The van der Waals surface area contributed by atoms with Crippen LogP contribution in [0.25, 0.3) is 0 Å². The molecule has 2 aromatic rings. The van der Waals surface area contributed by atoms with Gasteiger partial charge in [0.2, 0.25) is 0 Å². The Morgan fingerprint density at radius 2 is 1.81 bits per heavy atom. The molecule has 6 heteroatoms. The smallest absolute Gasteiger partial charge is 0.338 e. The summed E-state index contributed by atoms with van der Waals surface area (Å²) < 4.78 is 22.8. The molecule has 0 radical (unpaired) electrons. The zero-order valence-corrected chi connectivity index (χ0v) is 16.2. The Bertz CT molecular complexity index is 816. The SMILES string of the molecule is CNc1ccc2c(c1)C(OC)C(OC(=O)c1ccc(OC)cc1)C(C)(C)O2. The Labute approximate surface area is 159 Å². The Hall–Kier alpha value is -2.73. The Morgan fingerprint density at radius 1 is 1.11 bits per heavy atom. The predicted octanol–water partition coefficient (Wildman–Crippen LogP) is 3.82. The second-order valence-electron chi connectivity index (χ2n) is 6.92.